The molecule has 2 aromatic heterocycles. The highest BCUT2D eigenvalue weighted by Crippen LogP contribution is 2.20. The number of thioether (sulfide) groups is 1. The predicted molar refractivity (Wildman–Crippen MR) is 102 cm³/mol. The highest BCUT2D eigenvalue weighted by molar-refractivity contribution is 7.98. The molecule has 0 aliphatic rings. The molecule has 2 heterocycles. The lowest BCUT2D eigenvalue weighted by molar-refractivity contribution is 0.0760. The number of rotatable bonds is 8. The number of furan rings is 1. The van der Waals surface area contributed by atoms with E-state index in [-0.39, 0.29) is 5.91 Å². The van der Waals surface area contributed by atoms with Gasteiger partial charge in [-0.15, -0.1) is 0 Å². The van der Waals surface area contributed by atoms with Crippen molar-refractivity contribution in [3.63, 3.8) is 0 Å². The van der Waals surface area contributed by atoms with E-state index in [0.29, 0.717) is 23.2 Å². The van der Waals surface area contributed by atoms with Crippen molar-refractivity contribution in [2.45, 2.75) is 23.8 Å². The van der Waals surface area contributed by atoms with E-state index in [9.17, 15) is 4.79 Å². The maximum Gasteiger partial charge on any atom is 0.289 e. The van der Waals surface area contributed by atoms with Gasteiger partial charge in [0.25, 0.3) is 5.91 Å². The van der Waals surface area contributed by atoms with Crippen molar-refractivity contribution in [3.8, 4) is 0 Å². The Morgan fingerprint density at radius 1 is 1.08 bits per heavy atom. The first-order valence-corrected chi connectivity index (χ1v) is 9.49. The lowest BCUT2D eigenvalue weighted by atomic mass is 10.1. The summed E-state index contributed by atoms with van der Waals surface area (Å²) in [5.74, 6) is 1.61. The Morgan fingerprint density at radius 2 is 1.85 bits per heavy atom. The molecule has 5 nitrogen and oxygen atoms in total. The second-order valence-corrected chi connectivity index (χ2v) is 6.84. The summed E-state index contributed by atoms with van der Waals surface area (Å²) in [5, 5.41) is 0.690. The third-order valence-electron chi connectivity index (χ3n) is 3.91. The van der Waals surface area contributed by atoms with E-state index in [1.165, 1.54) is 17.3 Å². The Hall–Kier alpha value is -2.60. The molecular formula is C20H21N3O2S. The number of benzene rings is 1. The minimum Gasteiger partial charge on any atom is -0.455 e. The molecule has 134 valence electrons. The fourth-order valence-corrected chi connectivity index (χ4v) is 3.22. The monoisotopic (exact) mass is 367 g/mol. The third-order valence-corrected chi connectivity index (χ3v) is 4.80. The smallest absolute Gasteiger partial charge is 0.289 e. The second kappa shape index (κ2) is 9.20. The van der Waals surface area contributed by atoms with Gasteiger partial charge in [-0.05, 0) is 36.6 Å². The molecule has 1 amide bonds. The van der Waals surface area contributed by atoms with Gasteiger partial charge >= 0.3 is 0 Å². The molecule has 0 bridgehead atoms. The van der Waals surface area contributed by atoms with Crippen LogP contribution in [0.3, 0.4) is 0 Å². The van der Waals surface area contributed by atoms with E-state index in [1.807, 2.05) is 31.3 Å². The SMILES string of the molecule is CN(CCCc1ccccc1)C(=O)c1ccc(CSc2ncccn2)o1. The molecule has 3 rings (SSSR count). The molecule has 0 saturated heterocycles. The van der Waals surface area contributed by atoms with E-state index in [1.54, 1.807) is 29.4 Å². The van der Waals surface area contributed by atoms with Crippen LogP contribution < -0.4 is 0 Å². The molecule has 0 saturated carbocycles. The van der Waals surface area contributed by atoms with Crippen LogP contribution in [0.4, 0.5) is 0 Å². The van der Waals surface area contributed by atoms with Crippen molar-refractivity contribution >= 4 is 17.7 Å². The quantitative estimate of drug-likeness (QED) is 0.444. The number of hydrogen-bond acceptors (Lipinski definition) is 5. The summed E-state index contributed by atoms with van der Waals surface area (Å²) in [4.78, 5) is 22.5. The van der Waals surface area contributed by atoms with Crippen molar-refractivity contribution in [2.24, 2.45) is 0 Å². The van der Waals surface area contributed by atoms with Gasteiger partial charge in [-0.25, -0.2) is 9.97 Å². The largest absolute Gasteiger partial charge is 0.455 e. The van der Waals surface area contributed by atoms with Crippen molar-refractivity contribution in [1.29, 1.82) is 0 Å². The van der Waals surface area contributed by atoms with Crippen molar-refractivity contribution in [2.75, 3.05) is 13.6 Å². The fourth-order valence-electron chi connectivity index (χ4n) is 2.52. The summed E-state index contributed by atoms with van der Waals surface area (Å²) in [6, 6.07) is 15.6. The second-order valence-electron chi connectivity index (χ2n) is 5.90. The van der Waals surface area contributed by atoms with Crippen LogP contribution in [0.25, 0.3) is 0 Å². The number of nitrogens with zero attached hydrogens (tertiary/aromatic N) is 3. The van der Waals surface area contributed by atoms with E-state index < -0.39 is 0 Å². The van der Waals surface area contributed by atoms with E-state index in [4.69, 9.17) is 4.42 Å². The van der Waals surface area contributed by atoms with Gasteiger partial charge in [-0.3, -0.25) is 4.79 Å². The summed E-state index contributed by atoms with van der Waals surface area (Å²) in [5.41, 5.74) is 1.29. The molecule has 3 aromatic rings. The standard InChI is InChI=1S/C20H21N3O2S/c1-23(14-5-9-16-7-3-2-4-8-16)19(24)18-11-10-17(25-18)15-26-20-21-12-6-13-22-20/h2-4,6-8,10-13H,5,9,14-15H2,1H3. The van der Waals surface area contributed by atoms with E-state index >= 15 is 0 Å². The van der Waals surface area contributed by atoms with Gasteiger partial charge < -0.3 is 9.32 Å². The molecule has 6 heteroatoms. The summed E-state index contributed by atoms with van der Waals surface area (Å²) in [6.07, 6.45) is 5.28. The minimum atomic E-state index is -0.0923. The zero-order valence-corrected chi connectivity index (χ0v) is 15.5. The highest BCUT2D eigenvalue weighted by atomic mass is 32.2. The predicted octanol–water partition coefficient (Wildman–Crippen LogP) is 4.07. The fraction of sp³-hybridized carbons (Fsp3) is 0.250. The zero-order valence-electron chi connectivity index (χ0n) is 14.7. The Labute approximate surface area is 157 Å². The number of hydrogen-bond donors (Lipinski definition) is 0. The Morgan fingerprint density at radius 3 is 2.62 bits per heavy atom. The van der Waals surface area contributed by atoms with Crippen molar-refractivity contribution in [3.05, 3.63) is 78.0 Å². The van der Waals surface area contributed by atoms with Gasteiger partial charge in [-0.2, -0.15) is 0 Å². The lowest BCUT2D eigenvalue weighted by Gasteiger charge is -2.15. The van der Waals surface area contributed by atoms with Crippen LogP contribution in [-0.4, -0.2) is 34.4 Å². The molecule has 1 aromatic carbocycles. The van der Waals surface area contributed by atoms with Gasteiger partial charge in [0, 0.05) is 26.0 Å². The molecule has 26 heavy (non-hydrogen) atoms. The number of aryl methyl sites for hydroxylation is 1. The minimum absolute atomic E-state index is 0.0923. The van der Waals surface area contributed by atoms with Crippen LogP contribution in [0.2, 0.25) is 0 Å². The number of amides is 1. The Balaban J connectivity index is 1.47. The molecule has 0 aliphatic heterocycles. The molecule has 0 atom stereocenters. The molecule has 0 aliphatic carbocycles. The maximum atomic E-state index is 12.5. The van der Waals surface area contributed by atoms with Crippen LogP contribution in [0.1, 0.15) is 28.3 Å². The number of carbonyl (C=O) groups excluding carboxylic acids is 1. The molecule has 0 spiro atoms. The topological polar surface area (TPSA) is 59.2 Å². The first-order valence-electron chi connectivity index (χ1n) is 8.50. The molecular weight excluding hydrogens is 346 g/mol. The number of aromatic nitrogens is 2. The molecule has 0 N–H and O–H groups in total. The Bertz CT molecular complexity index is 821. The van der Waals surface area contributed by atoms with Crippen LogP contribution in [0.5, 0.6) is 0 Å². The van der Waals surface area contributed by atoms with E-state index in [0.717, 1.165) is 18.6 Å². The summed E-state index contributed by atoms with van der Waals surface area (Å²) < 4.78 is 5.69. The normalized spacial score (nSPS) is 10.7. The van der Waals surface area contributed by atoms with Crippen molar-refractivity contribution in [1.82, 2.24) is 14.9 Å². The van der Waals surface area contributed by atoms with Gasteiger partial charge in [0.15, 0.2) is 10.9 Å². The molecule has 0 fully saturated rings. The van der Waals surface area contributed by atoms with Gasteiger partial charge in [0.05, 0.1) is 5.75 Å². The van der Waals surface area contributed by atoms with Crippen molar-refractivity contribution < 1.29 is 9.21 Å². The lowest BCUT2D eigenvalue weighted by Crippen LogP contribution is -2.27. The van der Waals surface area contributed by atoms with Gasteiger partial charge in [0.1, 0.15) is 5.76 Å². The van der Waals surface area contributed by atoms with Gasteiger partial charge in [0.2, 0.25) is 0 Å². The molecule has 0 radical (unpaired) electrons. The summed E-state index contributed by atoms with van der Waals surface area (Å²) in [7, 11) is 1.81. The first kappa shape index (κ1) is 18.2. The third kappa shape index (κ3) is 5.20. The van der Waals surface area contributed by atoms with Gasteiger partial charge in [-0.1, -0.05) is 42.1 Å². The summed E-state index contributed by atoms with van der Waals surface area (Å²) >= 11 is 1.48. The van der Waals surface area contributed by atoms with Crippen LogP contribution in [0, 0.1) is 0 Å². The molecule has 0 unspecified atom stereocenters. The van der Waals surface area contributed by atoms with Crippen LogP contribution in [-0.2, 0) is 12.2 Å². The zero-order chi connectivity index (χ0) is 18.2. The van der Waals surface area contributed by atoms with E-state index in [2.05, 4.69) is 22.1 Å². The van der Waals surface area contributed by atoms with Crippen LogP contribution in [0.15, 0.2) is 70.5 Å². The van der Waals surface area contributed by atoms with Crippen LogP contribution >= 0.6 is 11.8 Å². The Kier molecular flexibility index (Phi) is 6.44. The first-order chi connectivity index (χ1) is 12.7. The average Bonchev–Trinajstić information content (AvgIpc) is 3.16. The average molecular weight is 367 g/mol. The maximum absolute atomic E-state index is 12.5. The summed E-state index contributed by atoms with van der Waals surface area (Å²) in [6.45, 7) is 0.691. The number of carbonyl (C=O) groups is 1. The highest BCUT2D eigenvalue weighted by Gasteiger charge is 2.16.